The Morgan fingerprint density at radius 1 is 1.57 bits per heavy atom. The molecule has 1 fully saturated rings. The van der Waals surface area contributed by atoms with Crippen molar-refractivity contribution in [1.29, 1.82) is 0 Å². The van der Waals surface area contributed by atoms with Gasteiger partial charge in [-0.1, -0.05) is 0 Å². The van der Waals surface area contributed by atoms with Crippen LogP contribution >= 0.6 is 0 Å². The van der Waals surface area contributed by atoms with Crippen molar-refractivity contribution < 1.29 is 9.90 Å². The molecule has 1 heterocycles. The summed E-state index contributed by atoms with van der Waals surface area (Å²) in [5, 5.41) is 12.0. The first-order valence-corrected chi connectivity index (χ1v) is 5.32. The first kappa shape index (κ1) is 11.5. The molecule has 4 nitrogen and oxygen atoms in total. The molecule has 1 aliphatic heterocycles. The first-order valence-electron chi connectivity index (χ1n) is 5.32. The number of aliphatic hydroxyl groups excluding tert-OH is 1. The fraction of sp³-hybridized carbons (Fsp3) is 0.900. The van der Waals surface area contributed by atoms with Crippen molar-refractivity contribution in [3.63, 3.8) is 0 Å². The Labute approximate surface area is 85.3 Å². The summed E-state index contributed by atoms with van der Waals surface area (Å²) in [5.41, 5.74) is 0. The van der Waals surface area contributed by atoms with Crippen LogP contribution < -0.4 is 5.32 Å². The van der Waals surface area contributed by atoms with E-state index in [0.29, 0.717) is 12.5 Å². The third-order valence-electron chi connectivity index (χ3n) is 2.64. The van der Waals surface area contributed by atoms with E-state index in [4.69, 9.17) is 5.11 Å². The SMILES string of the molecule is CN1CC(NCCCCO)CCC1=O. The molecule has 1 atom stereocenters. The number of rotatable bonds is 5. The molecule has 1 aliphatic rings. The smallest absolute Gasteiger partial charge is 0.222 e. The lowest BCUT2D eigenvalue weighted by Gasteiger charge is -2.30. The van der Waals surface area contributed by atoms with Crippen LogP contribution in [0.25, 0.3) is 0 Å². The molecule has 0 aliphatic carbocycles. The minimum Gasteiger partial charge on any atom is -0.396 e. The number of nitrogens with one attached hydrogen (secondary N) is 1. The van der Waals surface area contributed by atoms with Crippen LogP contribution in [0, 0.1) is 0 Å². The molecule has 1 unspecified atom stereocenters. The highest BCUT2D eigenvalue weighted by Crippen LogP contribution is 2.09. The lowest BCUT2D eigenvalue weighted by atomic mass is 10.1. The van der Waals surface area contributed by atoms with Gasteiger partial charge in [0, 0.05) is 32.7 Å². The molecule has 0 radical (unpaired) electrons. The maximum atomic E-state index is 11.2. The van der Waals surface area contributed by atoms with Crippen molar-refractivity contribution >= 4 is 5.91 Å². The summed E-state index contributed by atoms with van der Waals surface area (Å²) in [7, 11) is 1.85. The Hall–Kier alpha value is -0.610. The van der Waals surface area contributed by atoms with Crippen molar-refractivity contribution in [2.45, 2.75) is 31.7 Å². The number of carbonyl (C=O) groups is 1. The number of aliphatic hydroxyl groups is 1. The van der Waals surface area contributed by atoms with Gasteiger partial charge >= 0.3 is 0 Å². The van der Waals surface area contributed by atoms with Crippen molar-refractivity contribution in [1.82, 2.24) is 10.2 Å². The molecule has 1 rings (SSSR count). The molecule has 0 spiro atoms. The molecule has 0 aromatic carbocycles. The lowest BCUT2D eigenvalue weighted by molar-refractivity contribution is -0.132. The molecule has 1 amide bonds. The summed E-state index contributed by atoms with van der Waals surface area (Å²) in [5.74, 6) is 0.249. The van der Waals surface area contributed by atoms with Crippen molar-refractivity contribution in [2.75, 3.05) is 26.7 Å². The minimum absolute atomic E-state index is 0.249. The topological polar surface area (TPSA) is 52.6 Å². The first-order chi connectivity index (χ1) is 6.74. The van der Waals surface area contributed by atoms with Gasteiger partial charge in [0.05, 0.1) is 0 Å². The third kappa shape index (κ3) is 3.64. The monoisotopic (exact) mass is 200 g/mol. The fourth-order valence-electron chi connectivity index (χ4n) is 1.72. The molecule has 0 saturated carbocycles. The number of unbranched alkanes of at least 4 members (excludes halogenated alkanes) is 1. The molecule has 14 heavy (non-hydrogen) atoms. The Balaban J connectivity index is 2.10. The van der Waals surface area contributed by atoms with Crippen LogP contribution in [-0.4, -0.2) is 48.7 Å². The Morgan fingerprint density at radius 2 is 2.36 bits per heavy atom. The highest BCUT2D eigenvalue weighted by Gasteiger charge is 2.21. The van der Waals surface area contributed by atoms with Crippen LogP contribution in [0.4, 0.5) is 0 Å². The summed E-state index contributed by atoms with van der Waals surface area (Å²) in [4.78, 5) is 13.0. The minimum atomic E-state index is 0.249. The lowest BCUT2D eigenvalue weighted by Crippen LogP contribution is -2.46. The van der Waals surface area contributed by atoms with E-state index < -0.39 is 0 Å². The zero-order chi connectivity index (χ0) is 10.4. The van der Waals surface area contributed by atoms with Crippen molar-refractivity contribution in [2.24, 2.45) is 0 Å². The van der Waals surface area contributed by atoms with Gasteiger partial charge in [-0.15, -0.1) is 0 Å². The third-order valence-corrected chi connectivity index (χ3v) is 2.64. The number of piperidine rings is 1. The van der Waals surface area contributed by atoms with Crippen LogP contribution in [0.3, 0.4) is 0 Å². The van der Waals surface area contributed by atoms with Crippen LogP contribution in [0.5, 0.6) is 0 Å². The predicted octanol–water partition coefficient (Wildman–Crippen LogP) is -0.0307. The number of amides is 1. The van der Waals surface area contributed by atoms with Gasteiger partial charge in [-0.05, 0) is 25.8 Å². The summed E-state index contributed by atoms with van der Waals surface area (Å²) in [6, 6.07) is 0.441. The van der Waals surface area contributed by atoms with Crippen LogP contribution in [-0.2, 0) is 4.79 Å². The fourth-order valence-corrected chi connectivity index (χ4v) is 1.72. The average Bonchev–Trinajstić information content (AvgIpc) is 2.18. The summed E-state index contributed by atoms with van der Waals surface area (Å²) in [6.45, 7) is 2.02. The highest BCUT2D eigenvalue weighted by atomic mass is 16.2. The van der Waals surface area contributed by atoms with E-state index >= 15 is 0 Å². The van der Waals surface area contributed by atoms with E-state index in [1.807, 2.05) is 7.05 Å². The number of carbonyl (C=O) groups excluding carboxylic acids is 1. The molecular weight excluding hydrogens is 180 g/mol. The summed E-state index contributed by atoms with van der Waals surface area (Å²) < 4.78 is 0. The second-order valence-electron chi connectivity index (χ2n) is 3.89. The predicted molar refractivity (Wildman–Crippen MR) is 55.0 cm³/mol. The van der Waals surface area contributed by atoms with E-state index in [2.05, 4.69) is 5.32 Å². The highest BCUT2D eigenvalue weighted by molar-refractivity contribution is 5.76. The molecular formula is C10H20N2O2. The second-order valence-corrected chi connectivity index (χ2v) is 3.89. The zero-order valence-electron chi connectivity index (χ0n) is 8.83. The quantitative estimate of drug-likeness (QED) is 0.613. The Morgan fingerprint density at radius 3 is 3.00 bits per heavy atom. The molecule has 0 aromatic heterocycles. The van der Waals surface area contributed by atoms with Crippen LogP contribution in [0.1, 0.15) is 25.7 Å². The van der Waals surface area contributed by atoms with Gasteiger partial charge in [0.2, 0.25) is 5.91 Å². The van der Waals surface area contributed by atoms with Gasteiger partial charge in [0.25, 0.3) is 0 Å². The van der Waals surface area contributed by atoms with E-state index in [-0.39, 0.29) is 12.5 Å². The zero-order valence-corrected chi connectivity index (χ0v) is 8.83. The Bertz CT molecular complexity index is 185. The summed E-state index contributed by atoms with van der Waals surface area (Å²) in [6.07, 6.45) is 3.47. The largest absolute Gasteiger partial charge is 0.396 e. The normalized spacial score (nSPS) is 22.9. The number of likely N-dealkylation sites (tertiary alicyclic amines) is 1. The number of nitrogens with zero attached hydrogens (tertiary/aromatic N) is 1. The summed E-state index contributed by atoms with van der Waals surface area (Å²) >= 11 is 0. The van der Waals surface area contributed by atoms with Gasteiger partial charge in [-0.2, -0.15) is 0 Å². The van der Waals surface area contributed by atoms with E-state index in [9.17, 15) is 4.79 Å². The molecule has 2 N–H and O–H groups in total. The number of hydrogen-bond donors (Lipinski definition) is 2. The van der Waals surface area contributed by atoms with Crippen molar-refractivity contribution in [3.05, 3.63) is 0 Å². The number of hydrogen-bond acceptors (Lipinski definition) is 3. The standard InChI is InChI=1S/C10H20N2O2/c1-12-8-9(4-5-10(12)14)11-6-2-3-7-13/h9,11,13H,2-8H2,1H3. The van der Waals surface area contributed by atoms with Crippen LogP contribution in [0.2, 0.25) is 0 Å². The maximum Gasteiger partial charge on any atom is 0.222 e. The van der Waals surface area contributed by atoms with Gasteiger partial charge < -0.3 is 15.3 Å². The van der Waals surface area contributed by atoms with Gasteiger partial charge in [0.1, 0.15) is 0 Å². The van der Waals surface area contributed by atoms with Crippen molar-refractivity contribution in [3.8, 4) is 0 Å². The van der Waals surface area contributed by atoms with Gasteiger partial charge in [-0.25, -0.2) is 0 Å². The number of likely N-dealkylation sites (N-methyl/N-ethyl adjacent to an activating group) is 1. The van der Waals surface area contributed by atoms with E-state index in [1.165, 1.54) is 0 Å². The molecule has 82 valence electrons. The van der Waals surface area contributed by atoms with E-state index in [1.54, 1.807) is 4.90 Å². The molecule has 0 bridgehead atoms. The van der Waals surface area contributed by atoms with Crippen LogP contribution in [0.15, 0.2) is 0 Å². The average molecular weight is 200 g/mol. The molecule has 4 heteroatoms. The second kappa shape index (κ2) is 5.98. The molecule has 1 saturated heterocycles. The maximum absolute atomic E-state index is 11.2. The molecule has 0 aromatic rings. The van der Waals surface area contributed by atoms with E-state index in [0.717, 1.165) is 32.4 Å². The van der Waals surface area contributed by atoms with Gasteiger partial charge in [0.15, 0.2) is 0 Å². The Kier molecular flexibility index (Phi) is 4.90. The van der Waals surface area contributed by atoms with Gasteiger partial charge in [-0.3, -0.25) is 4.79 Å².